The Morgan fingerprint density at radius 3 is 2.46 bits per heavy atom. The standard InChI is InChI=1S/C36H41BrFN3O6Si/c1-21-33(48(3,4)38)31(17-32(44)40-19-25-8-6-5-7-24(25)15-28(40)20-42)47-36(21)29-16-26(37)11-14-30(29)41(35(36)46)18-23-9-12-27(13-10-23)39-34(45)22(2)43/h5-14,16,21-22,28,31,33,42-43H,15,17-20H2,1-4H3,(H,39,45)/t21-,22+,28+,31+,33-,36+/m1/s1. The van der Waals surface area contributed by atoms with Gasteiger partial charge >= 0.3 is 0 Å². The van der Waals surface area contributed by atoms with E-state index in [0.717, 1.165) is 21.2 Å². The van der Waals surface area contributed by atoms with E-state index in [4.69, 9.17) is 4.74 Å². The van der Waals surface area contributed by atoms with Gasteiger partial charge in [0.2, 0.25) is 14.3 Å². The van der Waals surface area contributed by atoms with Gasteiger partial charge in [0.1, 0.15) is 6.10 Å². The molecule has 3 amide bonds. The average Bonchev–Trinajstić information content (AvgIpc) is 3.46. The van der Waals surface area contributed by atoms with Crippen molar-refractivity contribution >= 4 is 53.4 Å². The van der Waals surface area contributed by atoms with Crippen LogP contribution in [-0.2, 0) is 44.2 Å². The number of carbonyl (C=O) groups excluding carboxylic acids is 3. The summed E-state index contributed by atoms with van der Waals surface area (Å²) in [4.78, 5) is 44.0. The minimum absolute atomic E-state index is 0.105. The topological polar surface area (TPSA) is 119 Å². The molecule has 6 rings (SSSR count). The molecular formula is C36H41BrFN3O6Si. The zero-order chi connectivity index (χ0) is 34.5. The number of hydrogen-bond acceptors (Lipinski definition) is 6. The maximum Gasteiger partial charge on any atom is 0.264 e. The first-order valence-electron chi connectivity index (χ1n) is 16.3. The van der Waals surface area contributed by atoms with Gasteiger partial charge in [-0.25, -0.2) is 0 Å². The first kappa shape index (κ1) is 34.4. The van der Waals surface area contributed by atoms with Crippen LogP contribution in [0.1, 0.15) is 42.5 Å². The van der Waals surface area contributed by atoms with E-state index in [2.05, 4.69) is 21.2 Å². The fourth-order valence-electron chi connectivity index (χ4n) is 7.83. The summed E-state index contributed by atoms with van der Waals surface area (Å²) in [7, 11) is -3.51. The summed E-state index contributed by atoms with van der Waals surface area (Å²) in [6.07, 6.45) is -1.57. The second-order valence-corrected chi connectivity index (χ2v) is 18.4. The molecule has 9 nitrogen and oxygen atoms in total. The van der Waals surface area contributed by atoms with Crippen molar-refractivity contribution in [3.8, 4) is 0 Å². The van der Waals surface area contributed by atoms with Crippen molar-refractivity contribution in [3.05, 3.63) is 93.5 Å². The van der Waals surface area contributed by atoms with Crippen LogP contribution in [0.2, 0.25) is 18.6 Å². The molecule has 12 heteroatoms. The second kappa shape index (κ2) is 13.1. The highest BCUT2D eigenvalue weighted by molar-refractivity contribution is 9.10. The van der Waals surface area contributed by atoms with Crippen molar-refractivity contribution in [2.24, 2.45) is 5.92 Å². The number of aliphatic hydroxyl groups excluding tert-OH is 2. The Morgan fingerprint density at radius 1 is 1.12 bits per heavy atom. The lowest BCUT2D eigenvalue weighted by Gasteiger charge is -2.37. The lowest BCUT2D eigenvalue weighted by atomic mass is 9.82. The van der Waals surface area contributed by atoms with Gasteiger partial charge in [-0.05, 0) is 73.5 Å². The van der Waals surface area contributed by atoms with E-state index in [1.165, 1.54) is 6.92 Å². The minimum Gasteiger partial charge on any atom is -0.394 e. The number of halogens is 2. The van der Waals surface area contributed by atoms with Crippen molar-refractivity contribution in [2.45, 2.75) is 82.3 Å². The molecule has 3 N–H and O–H groups in total. The van der Waals surface area contributed by atoms with Crippen molar-refractivity contribution < 1.29 is 33.4 Å². The highest BCUT2D eigenvalue weighted by Gasteiger charge is 2.67. The number of nitrogens with one attached hydrogen (secondary N) is 1. The third-order valence-electron chi connectivity index (χ3n) is 10.1. The third-order valence-corrected chi connectivity index (χ3v) is 13.1. The van der Waals surface area contributed by atoms with Crippen molar-refractivity contribution in [1.29, 1.82) is 0 Å². The lowest BCUT2D eigenvalue weighted by molar-refractivity contribution is -0.151. The van der Waals surface area contributed by atoms with Crippen LogP contribution in [0.5, 0.6) is 0 Å². The number of carbonyl (C=O) groups is 3. The molecule has 1 spiro atoms. The minimum atomic E-state index is -3.51. The number of fused-ring (bicyclic) bond motifs is 3. The first-order chi connectivity index (χ1) is 22.7. The molecule has 0 bridgehead atoms. The summed E-state index contributed by atoms with van der Waals surface area (Å²) in [5.41, 5.74) is 2.55. The van der Waals surface area contributed by atoms with Crippen LogP contribution in [0, 0.1) is 5.92 Å². The molecule has 0 radical (unpaired) electrons. The Kier molecular flexibility index (Phi) is 9.42. The Balaban J connectivity index is 1.31. The molecule has 3 aliphatic rings. The lowest BCUT2D eigenvalue weighted by Crippen LogP contribution is -2.48. The van der Waals surface area contributed by atoms with Gasteiger partial charge in [0, 0.05) is 33.7 Å². The number of rotatable bonds is 8. The maximum absolute atomic E-state index is 16.4. The van der Waals surface area contributed by atoms with Gasteiger partial charge in [0.05, 0.1) is 37.4 Å². The fraction of sp³-hybridized carbons (Fsp3) is 0.417. The number of amides is 3. The van der Waals surface area contributed by atoms with Gasteiger partial charge in [0.15, 0.2) is 5.60 Å². The Morgan fingerprint density at radius 2 is 1.81 bits per heavy atom. The van der Waals surface area contributed by atoms with E-state index in [1.807, 2.05) is 49.4 Å². The molecule has 48 heavy (non-hydrogen) atoms. The molecule has 1 saturated heterocycles. The normalized spacial score (nSPS) is 25.6. The van der Waals surface area contributed by atoms with Crippen molar-refractivity contribution in [2.75, 3.05) is 16.8 Å². The molecule has 3 aliphatic heterocycles. The van der Waals surface area contributed by atoms with Gasteiger partial charge in [-0.1, -0.05) is 59.3 Å². The van der Waals surface area contributed by atoms with Crippen molar-refractivity contribution in [3.63, 3.8) is 0 Å². The van der Waals surface area contributed by atoms with Crippen LogP contribution in [0.4, 0.5) is 15.5 Å². The van der Waals surface area contributed by atoms with Crippen molar-refractivity contribution in [1.82, 2.24) is 4.90 Å². The van der Waals surface area contributed by atoms with Gasteiger partial charge in [-0.3, -0.25) is 14.4 Å². The molecule has 1 fully saturated rings. The Labute approximate surface area is 289 Å². The first-order valence-corrected chi connectivity index (χ1v) is 20.0. The van der Waals surface area contributed by atoms with Crippen LogP contribution in [0.15, 0.2) is 71.2 Å². The molecule has 3 aromatic carbocycles. The summed E-state index contributed by atoms with van der Waals surface area (Å²) in [6, 6.07) is 20.0. The summed E-state index contributed by atoms with van der Waals surface area (Å²) in [6.45, 7) is 6.82. The zero-order valence-corrected chi connectivity index (χ0v) is 30.0. The molecule has 0 saturated carbocycles. The second-order valence-electron chi connectivity index (χ2n) is 13.7. The molecular weight excluding hydrogens is 697 g/mol. The van der Waals surface area contributed by atoms with Gasteiger partial charge < -0.3 is 34.2 Å². The van der Waals surface area contributed by atoms with E-state index < -0.39 is 49.6 Å². The monoisotopic (exact) mass is 737 g/mol. The molecule has 0 unspecified atom stereocenters. The summed E-state index contributed by atoms with van der Waals surface area (Å²) in [5, 5.41) is 22.4. The smallest absolute Gasteiger partial charge is 0.264 e. The SMILES string of the molecule is C[C@H](O)C(=O)Nc1ccc(CN2C(=O)[C@@]3(O[C@@H](CC(=O)N4Cc5ccccc5C[C@H]4CO)[C@H]([Si](C)(C)F)[C@H]3C)c3cc(Br)ccc32)cc1. The van der Waals surface area contributed by atoms with E-state index in [-0.39, 0.29) is 31.4 Å². The number of anilines is 2. The number of hydrogen-bond donors (Lipinski definition) is 3. The highest BCUT2D eigenvalue weighted by Crippen LogP contribution is 2.60. The average molecular weight is 739 g/mol. The molecule has 6 atom stereocenters. The molecule has 3 aromatic rings. The summed E-state index contributed by atoms with van der Waals surface area (Å²) >= 11 is 3.56. The molecule has 254 valence electrons. The largest absolute Gasteiger partial charge is 0.394 e. The predicted octanol–water partition coefficient (Wildman–Crippen LogP) is 5.43. The van der Waals surface area contributed by atoms with E-state index in [9.17, 15) is 24.6 Å². The zero-order valence-electron chi connectivity index (χ0n) is 27.5. The molecule has 3 heterocycles. The Hall–Kier alpha value is -3.42. The third kappa shape index (κ3) is 6.13. The van der Waals surface area contributed by atoms with E-state index in [0.29, 0.717) is 29.9 Å². The summed E-state index contributed by atoms with van der Waals surface area (Å²) in [5.74, 6) is -1.64. The maximum atomic E-state index is 16.4. The highest BCUT2D eigenvalue weighted by atomic mass is 79.9. The number of ether oxygens (including phenoxy) is 1. The number of nitrogens with zero attached hydrogens (tertiary/aromatic N) is 2. The van der Waals surface area contributed by atoms with Gasteiger partial charge in [-0.2, -0.15) is 0 Å². The quantitative estimate of drug-likeness (QED) is 0.210. The number of aliphatic hydroxyl groups is 2. The number of benzene rings is 3. The summed E-state index contributed by atoms with van der Waals surface area (Å²) < 4.78 is 23.9. The van der Waals surface area contributed by atoms with Crippen LogP contribution in [-0.4, -0.2) is 66.1 Å². The van der Waals surface area contributed by atoms with E-state index >= 15 is 4.11 Å². The molecule has 0 aliphatic carbocycles. The predicted molar refractivity (Wildman–Crippen MR) is 186 cm³/mol. The van der Waals surface area contributed by atoms with Crippen LogP contribution >= 0.6 is 15.9 Å². The van der Waals surface area contributed by atoms with Gasteiger partial charge in [-0.15, -0.1) is 0 Å². The van der Waals surface area contributed by atoms with E-state index in [1.54, 1.807) is 47.2 Å². The van der Waals surface area contributed by atoms with Crippen LogP contribution in [0.3, 0.4) is 0 Å². The Bertz CT molecular complexity index is 1730. The van der Waals surface area contributed by atoms with Gasteiger partial charge in [0.25, 0.3) is 11.8 Å². The molecule has 0 aromatic heterocycles. The van der Waals surface area contributed by atoms with Crippen LogP contribution < -0.4 is 10.2 Å². The van der Waals surface area contributed by atoms with Crippen LogP contribution in [0.25, 0.3) is 0 Å². The fourth-order valence-corrected chi connectivity index (χ4v) is 10.7.